The first-order chi connectivity index (χ1) is 11.2. The van der Waals surface area contributed by atoms with Crippen molar-refractivity contribution < 1.29 is 17.9 Å². The largest absolute Gasteiger partial charge is 0.573 e. The second-order valence-corrected chi connectivity index (χ2v) is 5.25. The zero-order valence-corrected chi connectivity index (χ0v) is 13.2. The van der Waals surface area contributed by atoms with Gasteiger partial charge in [-0.2, -0.15) is 0 Å². The van der Waals surface area contributed by atoms with Crippen molar-refractivity contribution in [2.45, 2.75) is 20.2 Å². The molecule has 0 radical (unpaired) electrons. The molecule has 0 heterocycles. The smallest absolute Gasteiger partial charge is 0.406 e. The van der Waals surface area contributed by atoms with Crippen LogP contribution in [0.15, 0.2) is 54.6 Å². The van der Waals surface area contributed by atoms with Gasteiger partial charge in [-0.25, -0.2) is 0 Å². The lowest BCUT2D eigenvalue weighted by molar-refractivity contribution is -0.274. The number of nitrogens with one attached hydrogen (secondary N) is 2. The van der Waals surface area contributed by atoms with E-state index in [-0.39, 0.29) is 11.6 Å². The topological polar surface area (TPSA) is 45.1 Å². The van der Waals surface area contributed by atoms with Crippen molar-refractivity contribution in [2.24, 2.45) is 0 Å². The minimum Gasteiger partial charge on any atom is -0.406 e. The summed E-state index contributed by atoms with van der Waals surface area (Å²) in [5.41, 5.74) is 3.57. The number of rotatable bonds is 4. The highest BCUT2D eigenvalue weighted by Crippen LogP contribution is 2.24. The fourth-order valence-corrected chi connectivity index (χ4v) is 2.24. The fourth-order valence-electron chi connectivity index (χ4n) is 2.24. The fraction of sp³-hybridized carbons (Fsp3) is 0.167. The number of hydrogen-bond donors (Lipinski definition) is 2. The highest BCUT2D eigenvalue weighted by molar-refractivity contribution is 6.05. The van der Waals surface area contributed by atoms with E-state index in [9.17, 15) is 13.2 Å². The minimum atomic E-state index is -4.71. The molecule has 2 rings (SSSR count). The predicted octanol–water partition coefficient (Wildman–Crippen LogP) is 5.39. The minimum absolute atomic E-state index is 0.139. The normalized spacial score (nSPS) is 12.0. The van der Waals surface area contributed by atoms with Gasteiger partial charge >= 0.3 is 6.36 Å². The lowest BCUT2D eigenvalue weighted by Crippen LogP contribution is -2.17. The van der Waals surface area contributed by atoms with Crippen LogP contribution < -0.4 is 10.1 Å². The number of benzene rings is 2. The van der Waals surface area contributed by atoms with Crippen LogP contribution in [0.4, 0.5) is 18.9 Å². The van der Waals surface area contributed by atoms with Gasteiger partial charge in [0, 0.05) is 5.69 Å². The van der Waals surface area contributed by atoms with Crippen molar-refractivity contribution in [1.29, 1.82) is 5.41 Å². The number of ether oxygens (including phenoxy) is 1. The summed E-state index contributed by atoms with van der Waals surface area (Å²) in [5.74, 6) is -0.161. The van der Waals surface area contributed by atoms with Gasteiger partial charge < -0.3 is 10.1 Å². The summed E-state index contributed by atoms with van der Waals surface area (Å²) in [4.78, 5) is 0. The van der Waals surface area contributed by atoms with Crippen LogP contribution in [0, 0.1) is 12.3 Å². The lowest BCUT2D eigenvalue weighted by atomic mass is 10.0. The Kier molecular flexibility index (Phi) is 5.28. The molecule has 0 amide bonds. The van der Waals surface area contributed by atoms with Crippen LogP contribution in [0.5, 0.6) is 5.75 Å². The average molecular weight is 334 g/mol. The third-order valence-corrected chi connectivity index (χ3v) is 3.30. The molecule has 0 saturated carbocycles. The Morgan fingerprint density at radius 1 is 1.08 bits per heavy atom. The number of amidine groups is 1. The monoisotopic (exact) mass is 334 g/mol. The molecule has 2 N–H and O–H groups in total. The Hall–Kier alpha value is -2.76. The van der Waals surface area contributed by atoms with Crippen LogP contribution in [-0.4, -0.2) is 12.2 Å². The van der Waals surface area contributed by atoms with Gasteiger partial charge in [0.15, 0.2) is 0 Å². The van der Waals surface area contributed by atoms with Crippen molar-refractivity contribution in [1.82, 2.24) is 0 Å². The summed E-state index contributed by atoms with van der Waals surface area (Å²) in [6.07, 6.45) is -3.04. The molecule has 0 aromatic heterocycles. The van der Waals surface area contributed by atoms with E-state index in [0.29, 0.717) is 5.69 Å². The molecular formula is C18H17F3N2O. The predicted molar refractivity (Wildman–Crippen MR) is 89.3 cm³/mol. The molecule has 2 aromatic carbocycles. The molecule has 126 valence electrons. The molecule has 0 bridgehead atoms. The van der Waals surface area contributed by atoms with Gasteiger partial charge in [0.25, 0.3) is 0 Å². The van der Waals surface area contributed by atoms with Crippen molar-refractivity contribution in [2.75, 3.05) is 5.32 Å². The number of anilines is 1. The number of aryl methyl sites for hydroxylation is 1. The van der Waals surface area contributed by atoms with Crippen molar-refractivity contribution in [3.63, 3.8) is 0 Å². The van der Waals surface area contributed by atoms with Gasteiger partial charge in [-0.15, -0.1) is 13.2 Å². The Bertz CT molecular complexity index is 750. The molecule has 0 aliphatic carbocycles. The standard InChI is InChI=1S/C18H17F3N2O/c1-12-5-3-4-6-16(12)13(2)11-17(22)23-14-7-9-15(10-8-14)24-18(19,20)21/h3-11H,1-2H3,(H2,22,23)/b13-11-. The van der Waals surface area contributed by atoms with Crippen LogP contribution in [0.2, 0.25) is 0 Å². The Labute approximate surface area is 138 Å². The lowest BCUT2D eigenvalue weighted by Gasteiger charge is -2.11. The zero-order valence-electron chi connectivity index (χ0n) is 13.2. The molecule has 0 unspecified atom stereocenters. The van der Waals surface area contributed by atoms with Gasteiger partial charge in [-0.1, -0.05) is 24.3 Å². The van der Waals surface area contributed by atoms with E-state index in [2.05, 4.69) is 10.1 Å². The quantitative estimate of drug-likeness (QED) is 0.582. The first-order valence-electron chi connectivity index (χ1n) is 7.20. The molecule has 0 atom stereocenters. The van der Waals surface area contributed by atoms with Crippen LogP contribution in [0.1, 0.15) is 18.1 Å². The van der Waals surface area contributed by atoms with Crippen molar-refractivity contribution in [3.05, 3.63) is 65.7 Å². The van der Waals surface area contributed by atoms with Gasteiger partial charge in [-0.05, 0) is 60.9 Å². The molecule has 0 aliphatic rings. The highest BCUT2D eigenvalue weighted by Gasteiger charge is 2.30. The number of halogens is 3. The molecular weight excluding hydrogens is 317 g/mol. The highest BCUT2D eigenvalue weighted by atomic mass is 19.4. The van der Waals surface area contributed by atoms with Gasteiger partial charge in [0.1, 0.15) is 11.6 Å². The average Bonchev–Trinajstić information content (AvgIpc) is 2.48. The van der Waals surface area contributed by atoms with E-state index in [1.165, 1.54) is 24.3 Å². The third kappa shape index (κ3) is 5.15. The summed E-state index contributed by atoms with van der Waals surface area (Å²) in [6.45, 7) is 3.89. The molecule has 0 spiro atoms. The second kappa shape index (κ2) is 7.21. The maximum atomic E-state index is 12.1. The van der Waals surface area contributed by atoms with Crippen LogP contribution in [0.25, 0.3) is 5.57 Å². The summed E-state index contributed by atoms with van der Waals surface area (Å²) < 4.78 is 40.1. The second-order valence-electron chi connectivity index (χ2n) is 5.25. The summed E-state index contributed by atoms with van der Waals surface area (Å²) in [5, 5.41) is 10.8. The molecule has 0 fully saturated rings. The number of allylic oxidation sites excluding steroid dienone is 1. The van der Waals surface area contributed by atoms with E-state index in [1.807, 2.05) is 38.1 Å². The Morgan fingerprint density at radius 2 is 1.71 bits per heavy atom. The maximum Gasteiger partial charge on any atom is 0.573 e. The Balaban J connectivity index is 2.04. The van der Waals surface area contributed by atoms with Gasteiger partial charge in [-0.3, -0.25) is 5.41 Å². The zero-order chi connectivity index (χ0) is 17.7. The molecule has 24 heavy (non-hydrogen) atoms. The van der Waals surface area contributed by atoms with Crippen molar-refractivity contribution in [3.8, 4) is 5.75 Å². The Morgan fingerprint density at radius 3 is 2.29 bits per heavy atom. The summed E-state index contributed by atoms with van der Waals surface area (Å²) in [6, 6.07) is 13.1. The van der Waals surface area contributed by atoms with E-state index >= 15 is 0 Å². The first-order valence-corrected chi connectivity index (χ1v) is 7.20. The van der Waals surface area contributed by atoms with Gasteiger partial charge in [0.2, 0.25) is 0 Å². The van der Waals surface area contributed by atoms with Crippen LogP contribution in [0.3, 0.4) is 0 Å². The summed E-state index contributed by atoms with van der Waals surface area (Å²) >= 11 is 0. The van der Waals surface area contributed by atoms with Gasteiger partial charge in [0.05, 0.1) is 0 Å². The molecule has 0 aliphatic heterocycles. The first kappa shape index (κ1) is 17.6. The summed E-state index contributed by atoms with van der Waals surface area (Å²) in [7, 11) is 0. The third-order valence-electron chi connectivity index (χ3n) is 3.30. The molecule has 6 heteroatoms. The van der Waals surface area contributed by atoms with E-state index in [0.717, 1.165) is 16.7 Å². The maximum absolute atomic E-state index is 12.1. The van der Waals surface area contributed by atoms with E-state index < -0.39 is 6.36 Å². The number of alkyl halides is 3. The van der Waals surface area contributed by atoms with E-state index in [4.69, 9.17) is 5.41 Å². The van der Waals surface area contributed by atoms with Crippen molar-refractivity contribution >= 4 is 17.1 Å². The SMILES string of the molecule is C/C(=C/C(=N)Nc1ccc(OC(F)(F)F)cc1)c1ccccc1C. The van der Waals surface area contributed by atoms with E-state index in [1.54, 1.807) is 6.08 Å². The van der Waals surface area contributed by atoms with Crippen LogP contribution >= 0.6 is 0 Å². The number of hydrogen-bond acceptors (Lipinski definition) is 2. The molecule has 2 aromatic rings. The molecule has 3 nitrogen and oxygen atoms in total. The van der Waals surface area contributed by atoms with Crippen LogP contribution in [-0.2, 0) is 0 Å². The molecule has 0 saturated heterocycles.